The number of halogens is 2. The molecular weight excluding hydrogens is 402 g/mol. The van der Waals surface area contributed by atoms with Crippen molar-refractivity contribution in [1.29, 1.82) is 0 Å². The molecule has 1 N–H and O–H groups in total. The van der Waals surface area contributed by atoms with Crippen LogP contribution in [-0.2, 0) is 0 Å². The van der Waals surface area contributed by atoms with Gasteiger partial charge < -0.3 is 5.32 Å². The van der Waals surface area contributed by atoms with Crippen LogP contribution in [0.25, 0.3) is 0 Å². The van der Waals surface area contributed by atoms with Gasteiger partial charge in [0.25, 0.3) is 5.91 Å². The lowest BCUT2D eigenvalue weighted by Gasteiger charge is -2.10. The highest BCUT2D eigenvalue weighted by Crippen LogP contribution is 2.32. The average molecular weight is 417 g/mol. The molecule has 0 spiro atoms. The van der Waals surface area contributed by atoms with Crippen molar-refractivity contribution in [3.8, 4) is 0 Å². The van der Waals surface area contributed by atoms with Crippen molar-refractivity contribution in [3.05, 3.63) is 49.0 Å². The molecule has 0 bridgehead atoms. The summed E-state index contributed by atoms with van der Waals surface area (Å²) in [6.07, 6.45) is 1.11. The fourth-order valence-corrected chi connectivity index (χ4v) is 3.71. The van der Waals surface area contributed by atoms with Crippen LogP contribution in [0.2, 0.25) is 0 Å². The maximum atomic E-state index is 12.1. The lowest BCUT2D eigenvalue weighted by atomic mass is 9.99. The highest BCUT2D eigenvalue weighted by atomic mass is 79.9. The van der Waals surface area contributed by atoms with E-state index in [-0.39, 0.29) is 5.91 Å². The van der Waals surface area contributed by atoms with Gasteiger partial charge in [-0.1, -0.05) is 26.0 Å². The summed E-state index contributed by atoms with van der Waals surface area (Å²) >= 11 is 8.19. The summed E-state index contributed by atoms with van der Waals surface area (Å²) in [6, 6.07) is 9.87. The minimum absolute atomic E-state index is 0.0855. The van der Waals surface area contributed by atoms with Crippen LogP contribution in [0.4, 0.5) is 5.69 Å². The molecule has 20 heavy (non-hydrogen) atoms. The van der Waals surface area contributed by atoms with Crippen LogP contribution >= 0.6 is 43.2 Å². The van der Waals surface area contributed by atoms with Gasteiger partial charge in [0.15, 0.2) is 0 Å². The molecule has 0 aliphatic heterocycles. The van der Waals surface area contributed by atoms with Crippen LogP contribution in [0.5, 0.6) is 0 Å². The number of hydrogen-bond acceptors (Lipinski definition) is 2. The predicted molar refractivity (Wildman–Crippen MR) is 92.8 cm³/mol. The van der Waals surface area contributed by atoms with Gasteiger partial charge in [-0.25, -0.2) is 0 Å². The van der Waals surface area contributed by atoms with E-state index in [2.05, 4.69) is 63.2 Å². The summed E-state index contributed by atoms with van der Waals surface area (Å²) in [5.74, 6) is 0.460. The van der Waals surface area contributed by atoms with Gasteiger partial charge in [0.2, 0.25) is 0 Å². The van der Waals surface area contributed by atoms with E-state index >= 15 is 0 Å². The highest BCUT2D eigenvalue weighted by Gasteiger charge is 2.12. The number of benzene rings is 1. The molecule has 1 heterocycles. The third kappa shape index (κ3) is 3.71. The molecule has 0 saturated carbocycles. The van der Waals surface area contributed by atoms with E-state index in [0.29, 0.717) is 10.8 Å². The summed E-state index contributed by atoms with van der Waals surface area (Å²) < 4.78 is 1.83. The first-order chi connectivity index (χ1) is 9.51. The Morgan fingerprint density at radius 1 is 1.30 bits per heavy atom. The third-order valence-electron chi connectivity index (χ3n) is 3.22. The lowest BCUT2D eigenvalue weighted by Crippen LogP contribution is -2.10. The van der Waals surface area contributed by atoms with Gasteiger partial charge in [-0.2, -0.15) is 0 Å². The maximum Gasteiger partial charge on any atom is 0.265 e. The molecular formula is C15H15Br2NOS. The second-order valence-corrected chi connectivity index (χ2v) is 7.84. The van der Waals surface area contributed by atoms with Crippen LogP contribution in [0.1, 0.15) is 41.4 Å². The smallest absolute Gasteiger partial charge is 0.265 e. The molecule has 2 aromatic rings. The van der Waals surface area contributed by atoms with Gasteiger partial charge in [-0.3, -0.25) is 4.79 Å². The zero-order chi connectivity index (χ0) is 14.7. The van der Waals surface area contributed by atoms with Gasteiger partial charge in [-0.15, -0.1) is 11.3 Å². The fraction of sp³-hybridized carbons (Fsp3) is 0.267. The molecule has 1 atom stereocenters. The Kier molecular flexibility index (Phi) is 5.41. The molecule has 1 amide bonds. The Morgan fingerprint density at radius 3 is 2.45 bits per heavy atom. The normalized spacial score (nSPS) is 12.2. The zero-order valence-electron chi connectivity index (χ0n) is 11.2. The Hall–Kier alpha value is -0.650. The Balaban J connectivity index is 2.08. The molecule has 1 unspecified atom stereocenters. The van der Waals surface area contributed by atoms with E-state index in [0.717, 1.165) is 20.4 Å². The van der Waals surface area contributed by atoms with Crippen molar-refractivity contribution in [1.82, 2.24) is 0 Å². The quantitative estimate of drug-likeness (QED) is 0.646. The van der Waals surface area contributed by atoms with E-state index in [1.165, 1.54) is 16.9 Å². The van der Waals surface area contributed by atoms with Crippen LogP contribution in [0, 0.1) is 0 Å². The number of anilines is 1. The first kappa shape index (κ1) is 15.7. The number of amides is 1. The molecule has 0 saturated heterocycles. The summed E-state index contributed by atoms with van der Waals surface area (Å²) in [4.78, 5) is 12.8. The fourth-order valence-electron chi connectivity index (χ4n) is 1.78. The van der Waals surface area contributed by atoms with E-state index < -0.39 is 0 Å². The molecule has 0 fully saturated rings. The predicted octanol–water partition coefficient (Wildman–Crippen LogP) is 6.04. The number of rotatable bonds is 4. The minimum Gasteiger partial charge on any atom is -0.321 e. The van der Waals surface area contributed by atoms with Crippen LogP contribution in [0.3, 0.4) is 0 Å². The standard InChI is InChI=1S/C15H15Br2NOS/c1-3-9(2)10-4-6-11(7-5-10)18-15(19)13-8-12(16)14(17)20-13/h4-9H,3H2,1-2H3,(H,18,19). The van der Waals surface area contributed by atoms with Crippen LogP contribution in [-0.4, -0.2) is 5.91 Å². The van der Waals surface area contributed by atoms with Gasteiger partial charge >= 0.3 is 0 Å². The molecule has 1 aromatic carbocycles. The Morgan fingerprint density at radius 2 is 1.95 bits per heavy atom. The van der Waals surface area contributed by atoms with Crippen molar-refractivity contribution in [2.24, 2.45) is 0 Å². The number of carbonyl (C=O) groups excluding carboxylic acids is 1. The van der Waals surface area contributed by atoms with Crippen molar-refractivity contribution < 1.29 is 4.79 Å². The number of nitrogens with one attached hydrogen (secondary N) is 1. The minimum atomic E-state index is -0.0855. The second kappa shape index (κ2) is 6.87. The van der Waals surface area contributed by atoms with Gasteiger partial charge in [0.1, 0.15) is 0 Å². The Bertz CT molecular complexity index is 587. The highest BCUT2D eigenvalue weighted by molar-refractivity contribution is 9.13. The number of hydrogen-bond donors (Lipinski definition) is 1. The molecule has 106 valence electrons. The summed E-state index contributed by atoms with van der Waals surface area (Å²) in [6.45, 7) is 4.38. The number of carbonyl (C=O) groups is 1. The molecule has 2 nitrogen and oxygen atoms in total. The van der Waals surface area contributed by atoms with Crippen LogP contribution in [0.15, 0.2) is 38.6 Å². The molecule has 0 radical (unpaired) electrons. The SMILES string of the molecule is CCC(C)c1ccc(NC(=O)c2cc(Br)c(Br)s2)cc1. The molecule has 0 aliphatic rings. The molecule has 2 rings (SSSR count). The van der Waals surface area contributed by atoms with Gasteiger partial charge in [-0.05, 0) is 68.0 Å². The first-order valence-electron chi connectivity index (χ1n) is 6.37. The number of thiophene rings is 1. The summed E-state index contributed by atoms with van der Waals surface area (Å²) in [5.41, 5.74) is 2.12. The van der Waals surface area contributed by atoms with Gasteiger partial charge in [0, 0.05) is 10.2 Å². The Labute approximate surface area is 139 Å². The maximum absolute atomic E-state index is 12.1. The summed E-state index contributed by atoms with van der Waals surface area (Å²) in [5, 5.41) is 2.91. The van der Waals surface area contributed by atoms with Gasteiger partial charge in [0.05, 0.1) is 8.66 Å². The monoisotopic (exact) mass is 415 g/mol. The van der Waals surface area contributed by atoms with Crippen LogP contribution < -0.4 is 5.32 Å². The molecule has 0 aliphatic carbocycles. The van der Waals surface area contributed by atoms with E-state index in [1.54, 1.807) is 0 Å². The van der Waals surface area contributed by atoms with E-state index in [4.69, 9.17) is 0 Å². The van der Waals surface area contributed by atoms with Crippen molar-refractivity contribution in [3.63, 3.8) is 0 Å². The van der Waals surface area contributed by atoms with Crippen molar-refractivity contribution >= 4 is 54.8 Å². The zero-order valence-corrected chi connectivity index (χ0v) is 15.2. The largest absolute Gasteiger partial charge is 0.321 e. The molecule has 5 heteroatoms. The lowest BCUT2D eigenvalue weighted by molar-refractivity contribution is 0.103. The average Bonchev–Trinajstić information content (AvgIpc) is 2.79. The van der Waals surface area contributed by atoms with Crippen molar-refractivity contribution in [2.45, 2.75) is 26.2 Å². The first-order valence-corrected chi connectivity index (χ1v) is 8.77. The van der Waals surface area contributed by atoms with Crippen molar-refractivity contribution in [2.75, 3.05) is 5.32 Å². The molecule has 1 aromatic heterocycles. The van der Waals surface area contributed by atoms with E-state index in [1.807, 2.05) is 18.2 Å². The van der Waals surface area contributed by atoms with E-state index in [9.17, 15) is 4.79 Å². The topological polar surface area (TPSA) is 29.1 Å². The third-order valence-corrected chi connectivity index (χ3v) is 6.47. The summed E-state index contributed by atoms with van der Waals surface area (Å²) in [7, 11) is 0. The second-order valence-electron chi connectivity index (χ2n) is 4.62.